The van der Waals surface area contributed by atoms with Crippen molar-refractivity contribution in [3.63, 3.8) is 0 Å². The van der Waals surface area contributed by atoms with E-state index in [2.05, 4.69) is 10.1 Å². The van der Waals surface area contributed by atoms with E-state index < -0.39 is 17.8 Å². The zero-order valence-corrected chi connectivity index (χ0v) is 18.1. The smallest absolute Gasteiger partial charge is 0.337 e. The maximum atomic E-state index is 12.5. The Hall–Kier alpha value is -4.90. The summed E-state index contributed by atoms with van der Waals surface area (Å²) in [4.78, 5) is 34.9. The van der Waals surface area contributed by atoms with Crippen LogP contribution in [0.4, 0.5) is 5.69 Å². The van der Waals surface area contributed by atoms with Gasteiger partial charge >= 0.3 is 11.9 Å². The molecule has 0 unspecified atom stereocenters. The van der Waals surface area contributed by atoms with Gasteiger partial charge in [0.05, 0.1) is 18.2 Å². The van der Waals surface area contributed by atoms with Crippen molar-refractivity contribution in [2.24, 2.45) is 0 Å². The lowest BCUT2D eigenvalue weighted by Gasteiger charge is -2.07. The minimum Gasteiger partial charge on any atom is -0.489 e. The van der Waals surface area contributed by atoms with Gasteiger partial charge in [0, 0.05) is 5.69 Å². The molecule has 3 aromatic rings. The lowest BCUT2D eigenvalue weighted by atomic mass is 10.1. The second-order valence-electron chi connectivity index (χ2n) is 7.05. The number of ether oxygens (including phenoxy) is 2. The number of nitriles is 1. The largest absolute Gasteiger partial charge is 0.489 e. The number of carbonyl (C=O) groups excluding carboxylic acids is 2. The van der Waals surface area contributed by atoms with Gasteiger partial charge in [-0.05, 0) is 65.7 Å². The van der Waals surface area contributed by atoms with E-state index >= 15 is 0 Å². The molecule has 0 atom stereocenters. The van der Waals surface area contributed by atoms with Crippen LogP contribution in [0.15, 0.2) is 78.4 Å². The SMILES string of the molecule is COC(=O)c1ccc(NC(=O)/C(C#N)=C/c2ccc(OCc3ccc(C(=O)O)cc3)cc2)cc1. The van der Waals surface area contributed by atoms with Gasteiger partial charge in [-0.3, -0.25) is 4.79 Å². The van der Waals surface area contributed by atoms with Crippen LogP contribution in [-0.2, 0) is 16.1 Å². The Bertz CT molecular complexity index is 1250. The minimum atomic E-state index is -0.988. The topological polar surface area (TPSA) is 126 Å². The number of benzene rings is 3. The van der Waals surface area contributed by atoms with Crippen LogP contribution in [-0.4, -0.2) is 30.1 Å². The van der Waals surface area contributed by atoms with Crippen LogP contribution in [0, 0.1) is 11.3 Å². The Morgan fingerprint density at radius 1 is 0.941 bits per heavy atom. The molecule has 0 spiro atoms. The van der Waals surface area contributed by atoms with Crippen LogP contribution in [0.1, 0.15) is 31.8 Å². The molecule has 8 heteroatoms. The van der Waals surface area contributed by atoms with Gasteiger partial charge in [-0.25, -0.2) is 9.59 Å². The molecule has 34 heavy (non-hydrogen) atoms. The fourth-order valence-corrected chi connectivity index (χ4v) is 2.89. The zero-order valence-electron chi connectivity index (χ0n) is 18.1. The first kappa shape index (κ1) is 23.8. The van der Waals surface area contributed by atoms with Crippen LogP contribution < -0.4 is 10.1 Å². The summed E-state index contributed by atoms with van der Waals surface area (Å²) < 4.78 is 10.3. The van der Waals surface area contributed by atoms with E-state index in [0.29, 0.717) is 22.6 Å². The highest BCUT2D eigenvalue weighted by Crippen LogP contribution is 2.18. The number of carbonyl (C=O) groups is 3. The number of carboxylic acids is 1. The predicted molar refractivity (Wildman–Crippen MR) is 124 cm³/mol. The Morgan fingerprint density at radius 3 is 2.12 bits per heavy atom. The molecular formula is C26H20N2O6. The molecule has 1 amide bonds. The van der Waals surface area contributed by atoms with Crippen molar-refractivity contribution in [1.29, 1.82) is 5.26 Å². The minimum absolute atomic E-state index is 0.0933. The molecule has 0 aliphatic carbocycles. The Balaban J connectivity index is 1.61. The molecule has 8 nitrogen and oxygen atoms in total. The van der Waals surface area contributed by atoms with Gasteiger partial charge in [0.2, 0.25) is 0 Å². The number of aromatic carboxylic acids is 1. The highest BCUT2D eigenvalue weighted by atomic mass is 16.5. The van der Waals surface area contributed by atoms with E-state index in [4.69, 9.17) is 9.84 Å². The van der Waals surface area contributed by atoms with E-state index in [0.717, 1.165) is 5.56 Å². The third kappa shape index (κ3) is 6.31. The number of esters is 1. The summed E-state index contributed by atoms with van der Waals surface area (Å²) in [6.07, 6.45) is 1.45. The Labute approximate surface area is 195 Å². The van der Waals surface area contributed by atoms with Crippen LogP contribution in [0.5, 0.6) is 5.75 Å². The number of carboxylic acid groups (broad SMARTS) is 1. The molecule has 0 radical (unpaired) electrons. The van der Waals surface area contributed by atoms with Gasteiger partial charge in [-0.1, -0.05) is 24.3 Å². The molecule has 0 saturated heterocycles. The maximum absolute atomic E-state index is 12.5. The van der Waals surface area contributed by atoms with Crippen molar-refractivity contribution in [2.75, 3.05) is 12.4 Å². The van der Waals surface area contributed by atoms with Crippen LogP contribution in [0.3, 0.4) is 0 Å². The molecule has 0 saturated carbocycles. The van der Waals surface area contributed by atoms with Gasteiger partial charge in [0.25, 0.3) is 5.91 Å². The first-order valence-electron chi connectivity index (χ1n) is 10.1. The molecule has 0 aromatic heterocycles. The lowest BCUT2D eigenvalue weighted by Crippen LogP contribution is -2.13. The highest BCUT2D eigenvalue weighted by Gasteiger charge is 2.11. The first-order chi connectivity index (χ1) is 16.4. The number of methoxy groups -OCH3 is 1. The lowest BCUT2D eigenvalue weighted by molar-refractivity contribution is -0.112. The second-order valence-corrected chi connectivity index (χ2v) is 7.05. The van der Waals surface area contributed by atoms with Crippen molar-refractivity contribution in [3.8, 4) is 11.8 Å². The third-order valence-electron chi connectivity index (χ3n) is 4.73. The van der Waals surface area contributed by atoms with E-state index in [1.54, 1.807) is 48.5 Å². The summed E-state index contributed by atoms with van der Waals surface area (Å²) in [7, 11) is 1.28. The summed E-state index contributed by atoms with van der Waals surface area (Å²) >= 11 is 0. The average Bonchev–Trinajstić information content (AvgIpc) is 2.86. The van der Waals surface area contributed by atoms with Crippen LogP contribution in [0.2, 0.25) is 0 Å². The summed E-state index contributed by atoms with van der Waals surface area (Å²) in [6.45, 7) is 0.260. The third-order valence-corrected chi connectivity index (χ3v) is 4.73. The normalized spacial score (nSPS) is 10.6. The van der Waals surface area contributed by atoms with Gasteiger partial charge < -0.3 is 19.9 Å². The van der Waals surface area contributed by atoms with Gasteiger partial charge in [-0.2, -0.15) is 5.26 Å². The number of nitrogens with one attached hydrogen (secondary N) is 1. The van der Waals surface area contributed by atoms with Gasteiger partial charge in [0.1, 0.15) is 24.0 Å². The molecule has 2 N–H and O–H groups in total. The number of anilines is 1. The number of rotatable bonds is 8. The first-order valence-corrected chi connectivity index (χ1v) is 10.1. The van der Waals surface area contributed by atoms with E-state index in [1.807, 2.05) is 6.07 Å². The standard InChI is InChI=1S/C26H20N2O6/c1-33-26(32)20-8-10-22(11-9-20)28-24(29)21(15-27)14-17-4-12-23(13-5-17)34-16-18-2-6-19(7-3-18)25(30)31/h2-14H,16H2,1H3,(H,28,29)(H,30,31)/b21-14+. The second kappa shape index (κ2) is 11.1. The van der Waals surface area contributed by atoms with Crippen molar-refractivity contribution in [3.05, 3.63) is 101 Å². The summed E-state index contributed by atoms with van der Waals surface area (Å²) in [5, 5.41) is 21.0. The molecule has 0 fully saturated rings. The summed E-state index contributed by atoms with van der Waals surface area (Å²) in [5.41, 5.74) is 2.33. The zero-order chi connectivity index (χ0) is 24.5. The fourth-order valence-electron chi connectivity index (χ4n) is 2.89. The molecule has 3 rings (SSSR count). The number of hydrogen-bond acceptors (Lipinski definition) is 6. The van der Waals surface area contributed by atoms with Crippen molar-refractivity contribution in [1.82, 2.24) is 0 Å². The summed E-state index contributed by atoms with van der Waals surface area (Å²) in [5.74, 6) is -1.48. The highest BCUT2D eigenvalue weighted by molar-refractivity contribution is 6.09. The quantitative estimate of drug-likeness (QED) is 0.294. The van der Waals surface area contributed by atoms with Gasteiger partial charge in [0.15, 0.2) is 0 Å². The monoisotopic (exact) mass is 456 g/mol. The van der Waals surface area contributed by atoms with E-state index in [-0.39, 0.29) is 17.7 Å². The Kier molecular flexibility index (Phi) is 7.76. The van der Waals surface area contributed by atoms with E-state index in [1.165, 1.54) is 37.5 Å². The van der Waals surface area contributed by atoms with Crippen molar-refractivity contribution >= 4 is 29.6 Å². The number of nitrogens with zero attached hydrogens (tertiary/aromatic N) is 1. The van der Waals surface area contributed by atoms with E-state index in [9.17, 15) is 19.6 Å². The molecule has 0 aliphatic rings. The molecule has 0 bridgehead atoms. The average molecular weight is 456 g/mol. The van der Waals surface area contributed by atoms with Gasteiger partial charge in [-0.15, -0.1) is 0 Å². The number of amides is 1. The fraction of sp³-hybridized carbons (Fsp3) is 0.0769. The van der Waals surface area contributed by atoms with Crippen molar-refractivity contribution in [2.45, 2.75) is 6.61 Å². The van der Waals surface area contributed by atoms with Crippen LogP contribution in [0.25, 0.3) is 6.08 Å². The molecule has 0 heterocycles. The maximum Gasteiger partial charge on any atom is 0.337 e. The van der Waals surface area contributed by atoms with Crippen molar-refractivity contribution < 1.29 is 29.0 Å². The molecule has 170 valence electrons. The number of hydrogen-bond donors (Lipinski definition) is 2. The molecule has 3 aromatic carbocycles. The molecule has 0 aliphatic heterocycles. The Morgan fingerprint density at radius 2 is 1.56 bits per heavy atom. The summed E-state index contributed by atoms with van der Waals surface area (Å²) in [6, 6.07) is 21.2. The predicted octanol–water partition coefficient (Wildman–Crippen LogP) is 4.30. The van der Waals surface area contributed by atoms with Crippen LogP contribution >= 0.6 is 0 Å². The molecular weight excluding hydrogens is 436 g/mol.